The number of ether oxygens (including phenoxy) is 3. The van der Waals surface area contributed by atoms with Gasteiger partial charge in [-0.25, -0.2) is 0 Å². The molecule has 23 heavy (non-hydrogen) atoms. The molecule has 7 heteroatoms. The van der Waals surface area contributed by atoms with Crippen molar-refractivity contribution in [1.82, 2.24) is 10.2 Å². The van der Waals surface area contributed by atoms with Crippen molar-refractivity contribution in [3.05, 3.63) is 30.1 Å². The predicted octanol–water partition coefficient (Wildman–Crippen LogP) is 2.86. The van der Waals surface area contributed by atoms with Crippen molar-refractivity contribution >= 4 is 11.6 Å². The summed E-state index contributed by atoms with van der Waals surface area (Å²) >= 11 is 0. The lowest BCUT2D eigenvalue weighted by Gasteiger charge is -2.17. The van der Waals surface area contributed by atoms with Crippen LogP contribution in [0, 0.1) is 0 Å². The third-order valence-corrected chi connectivity index (χ3v) is 2.93. The summed E-state index contributed by atoms with van der Waals surface area (Å²) in [7, 11) is 0. The Hall–Kier alpha value is -2.70. The van der Waals surface area contributed by atoms with E-state index in [2.05, 4.69) is 15.5 Å². The second-order valence-electron chi connectivity index (χ2n) is 4.54. The van der Waals surface area contributed by atoms with Crippen molar-refractivity contribution in [2.45, 2.75) is 20.8 Å². The van der Waals surface area contributed by atoms with E-state index in [1.165, 1.54) is 6.20 Å². The van der Waals surface area contributed by atoms with Crippen molar-refractivity contribution in [2.75, 3.05) is 25.1 Å². The maximum Gasteiger partial charge on any atom is 0.256 e. The number of nitrogens with one attached hydrogen (secondary N) is 2. The van der Waals surface area contributed by atoms with Gasteiger partial charge in [0.05, 0.1) is 31.7 Å². The molecule has 0 aliphatic rings. The first kappa shape index (κ1) is 16.7. The van der Waals surface area contributed by atoms with Crippen LogP contribution in [0.2, 0.25) is 0 Å². The highest BCUT2D eigenvalue weighted by molar-refractivity contribution is 6.05. The summed E-state index contributed by atoms with van der Waals surface area (Å²) in [6.07, 6.45) is 3.12. The Morgan fingerprint density at radius 1 is 1.09 bits per heavy atom. The summed E-state index contributed by atoms with van der Waals surface area (Å²) in [5.41, 5.74) is 1.00. The molecule has 0 bridgehead atoms. The summed E-state index contributed by atoms with van der Waals surface area (Å²) in [5, 5.41) is 9.18. The Bertz CT molecular complexity index is 614. The van der Waals surface area contributed by atoms with Crippen molar-refractivity contribution in [2.24, 2.45) is 0 Å². The van der Waals surface area contributed by atoms with E-state index in [1.54, 1.807) is 18.3 Å². The zero-order chi connectivity index (χ0) is 16.7. The maximum atomic E-state index is 12.4. The van der Waals surface area contributed by atoms with Crippen LogP contribution in [0.25, 0.3) is 0 Å². The van der Waals surface area contributed by atoms with Crippen molar-refractivity contribution in [3.63, 3.8) is 0 Å². The van der Waals surface area contributed by atoms with E-state index in [-0.39, 0.29) is 5.91 Å². The molecule has 124 valence electrons. The Morgan fingerprint density at radius 2 is 1.70 bits per heavy atom. The molecule has 1 amide bonds. The molecule has 1 aromatic carbocycles. The van der Waals surface area contributed by atoms with E-state index < -0.39 is 0 Å². The molecule has 2 N–H and O–H groups in total. The maximum absolute atomic E-state index is 12.4. The SMILES string of the molecule is CCOc1cc(C(=O)Nc2cn[nH]c2)cc(OCC)c1OCC. The molecule has 0 saturated heterocycles. The lowest BCUT2D eigenvalue weighted by atomic mass is 10.1. The van der Waals surface area contributed by atoms with E-state index in [9.17, 15) is 4.79 Å². The van der Waals surface area contributed by atoms with Gasteiger partial charge in [-0.15, -0.1) is 0 Å². The molecule has 0 fully saturated rings. The van der Waals surface area contributed by atoms with Crippen LogP contribution in [0.15, 0.2) is 24.5 Å². The number of amides is 1. The average molecular weight is 319 g/mol. The minimum atomic E-state index is -0.281. The molecule has 2 rings (SSSR count). The highest BCUT2D eigenvalue weighted by Gasteiger charge is 2.18. The van der Waals surface area contributed by atoms with Gasteiger partial charge in [0.1, 0.15) is 0 Å². The van der Waals surface area contributed by atoms with Gasteiger partial charge in [0.15, 0.2) is 11.5 Å². The van der Waals surface area contributed by atoms with Crippen LogP contribution in [0.5, 0.6) is 17.2 Å². The molecule has 7 nitrogen and oxygen atoms in total. The van der Waals surface area contributed by atoms with Crippen molar-refractivity contribution < 1.29 is 19.0 Å². The lowest BCUT2D eigenvalue weighted by molar-refractivity contribution is 0.102. The Morgan fingerprint density at radius 3 is 2.17 bits per heavy atom. The second kappa shape index (κ2) is 8.07. The number of carbonyl (C=O) groups excluding carboxylic acids is 1. The molecular formula is C16H21N3O4. The highest BCUT2D eigenvalue weighted by Crippen LogP contribution is 2.39. The molecule has 0 unspecified atom stereocenters. The quantitative estimate of drug-likeness (QED) is 0.781. The number of hydrogen-bond acceptors (Lipinski definition) is 5. The standard InChI is InChI=1S/C16H21N3O4/c1-4-21-13-7-11(16(20)19-12-9-17-18-10-12)8-14(22-5-2)15(13)23-6-3/h7-10H,4-6H2,1-3H3,(H,17,18)(H,19,20). The number of anilines is 1. The van der Waals surface area contributed by atoms with Crippen LogP contribution >= 0.6 is 0 Å². The van der Waals surface area contributed by atoms with E-state index in [1.807, 2.05) is 20.8 Å². The van der Waals surface area contributed by atoms with Gasteiger partial charge < -0.3 is 19.5 Å². The van der Waals surface area contributed by atoms with E-state index in [4.69, 9.17) is 14.2 Å². The average Bonchev–Trinajstić information content (AvgIpc) is 3.03. The molecule has 0 radical (unpaired) electrons. The lowest BCUT2D eigenvalue weighted by Crippen LogP contribution is -2.13. The molecule has 0 atom stereocenters. The third-order valence-electron chi connectivity index (χ3n) is 2.93. The van der Waals surface area contributed by atoms with Gasteiger partial charge in [-0.05, 0) is 32.9 Å². The highest BCUT2D eigenvalue weighted by atomic mass is 16.5. The van der Waals surface area contributed by atoms with Gasteiger partial charge in [-0.3, -0.25) is 9.89 Å². The van der Waals surface area contributed by atoms with E-state index in [0.29, 0.717) is 48.3 Å². The van der Waals surface area contributed by atoms with Gasteiger partial charge in [-0.1, -0.05) is 0 Å². The van der Waals surface area contributed by atoms with Gasteiger partial charge in [0.2, 0.25) is 5.75 Å². The predicted molar refractivity (Wildman–Crippen MR) is 86.5 cm³/mol. The molecule has 0 aliphatic carbocycles. The first-order valence-electron chi connectivity index (χ1n) is 7.56. The van der Waals surface area contributed by atoms with Gasteiger partial charge in [0.25, 0.3) is 5.91 Å². The zero-order valence-corrected chi connectivity index (χ0v) is 13.5. The number of H-pyrrole nitrogens is 1. The van der Waals surface area contributed by atoms with Crippen LogP contribution in [-0.2, 0) is 0 Å². The first-order chi connectivity index (χ1) is 11.2. The minimum absolute atomic E-state index is 0.281. The number of aromatic nitrogens is 2. The molecule has 1 heterocycles. The van der Waals surface area contributed by atoms with Crippen LogP contribution in [0.4, 0.5) is 5.69 Å². The summed E-state index contributed by atoms with van der Waals surface area (Å²) in [4.78, 5) is 12.4. The summed E-state index contributed by atoms with van der Waals surface area (Å²) < 4.78 is 16.8. The molecule has 0 aliphatic heterocycles. The van der Waals surface area contributed by atoms with Crippen LogP contribution in [0.3, 0.4) is 0 Å². The number of benzene rings is 1. The zero-order valence-electron chi connectivity index (χ0n) is 13.5. The monoisotopic (exact) mass is 319 g/mol. The van der Waals surface area contributed by atoms with Gasteiger partial charge >= 0.3 is 0 Å². The van der Waals surface area contributed by atoms with Crippen molar-refractivity contribution in [1.29, 1.82) is 0 Å². The third kappa shape index (κ3) is 4.15. The Balaban J connectivity index is 2.36. The Labute approximate surface area is 134 Å². The summed E-state index contributed by atoms with van der Waals surface area (Å²) in [6, 6.07) is 3.29. The number of aromatic amines is 1. The molecule has 0 spiro atoms. The fraction of sp³-hybridized carbons (Fsp3) is 0.375. The topological polar surface area (TPSA) is 85.5 Å². The Kier molecular flexibility index (Phi) is 5.85. The summed E-state index contributed by atoms with van der Waals surface area (Å²) in [5.74, 6) is 1.20. The fourth-order valence-corrected chi connectivity index (χ4v) is 2.04. The smallest absolute Gasteiger partial charge is 0.256 e. The summed E-state index contributed by atoms with van der Waals surface area (Å²) in [6.45, 7) is 7.01. The van der Waals surface area contributed by atoms with Crippen molar-refractivity contribution in [3.8, 4) is 17.2 Å². The van der Waals surface area contributed by atoms with Gasteiger partial charge in [0, 0.05) is 11.8 Å². The van der Waals surface area contributed by atoms with Crippen LogP contribution in [0.1, 0.15) is 31.1 Å². The van der Waals surface area contributed by atoms with Gasteiger partial charge in [-0.2, -0.15) is 5.10 Å². The number of hydrogen-bond donors (Lipinski definition) is 2. The molecule has 0 saturated carbocycles. The normalized spacial score (nSPS) is 10.2. The largest absolute Gasteiger partial charge is 0.490 e. The molecular weight excluding hydrogens is 298 g/mol. The number of rotatable bonds is 8. The molecule has 2 aromatic rings. The molecule has 1 aromatic heterocycles. The fourth-order valence-electron chi connectivity index (χ4n) is 2.04. The second-order valence-corrected chi connectivity index (χ2v) is 4.54. The van der Waals surface area contributed by atoms with Crippen LogP contribution < -0.4 is 19.5 Å². The number of nitrogens with zero attached hydrogens (tertiary/aromatic N) is 1. The van der Waals surface area contributed by atoms with Crippen LogP contribution in [-0.4, -0.2) is 35.9 Å². The first-order valence-corrected chi connectivity index (χ1v) is 7.56. The minimum Gasteiger partial charge on any atom is -0.490 e. The van der Waals surface area contributed by atoms with E-state index in [0.717, 1.165) is 0 Å². The number of carbonyl (C=O) groups is 1. The van der Waals surface area contributed by atoms with E-state index >= 15 is 0 Å².